The van der Waals surface area contributed by atoms with Gasteiger partial charge in [0, 0.05) is 17.8 Å². The monoisotopic (exact) mass is 222 g/mol. The van der Waals surface area contributed by atoms with E-state index in [0.29, 0.717) is 10.9 Å². The van der Waals surface area contributed by atoms with Crippen LogP contribution < -0.4 is 4.74 Å². The van der Waals surface area contributed by atoms with E-state index in [-0.39, 0.29) is 0 Å². The van der Waals surface area contributed by atoms with E-state index >= 15 is 0 Å². The molecule has 0 saturated heterocycles. The summed E-state index contributed by atoms with van der Waals surface area (Å²) in [5.41, 5.74) is 2.68. The van der Waals surface area contributed by atoms with Crippen LogP contribution in [0.1, 0.15) is 12.5 Å². The summed E-state index contributed by atoms with van der Waals surface area (Å²) in [7, 11) is 1.60. The lowest BCUT2D eigenvalue weighted by Gasteiger charge is -2.06. The molecule has 0 aromatic carbocycles. The van der Waals surface area contributed by atoms with Gasteiger partial charge in [-0.15, -0.1) is 0 Å². The minimum atomic E-state index is 0.585. The maximum Gasteiger partial charge on any atom is 0.213 e. The predicted octanol–water partition coefficient (Wildman–Crippen LogP) is 2.85. The third kappa shape index (κ3) is 1.75. The van der Waals surface area contributed by atoms with Crippen molar-refractivity contribution in [3.63, 3.8) is 0 Å². The molecule has 0 aliphatic heterocycles. The Morgan fingerprint density at radius 3 is 2.87 bits per heavy atom. The molecule has 2 aromatic heterocycles. The SMILES string of the molecule is CCc1c(Cl)cnc2ccc(OC)nc12. The van der Waals surface area contributed by atoms with Crippen molar-refractivity contribution < 1.29 is 4.74 Å². The van der Waals surface area contributed by atoms with Gasteiger partial charge < -0.3 is 4.74 Å². The summed E-state index contributed by atoms with van der Waals surface area (Å²) in [5.74, 6) is 0.585. The van der Waals surface area contributed by atoms with E-state index in [1.165, 1.54) is 0 Å². The minimum Gasteiger partial charge on any atom is -0.481 e. The summed E-state index contributed by atoms with van der Waals surface area (Å²) in [6.45, 7) is 2.04. The highest BCUT2D eigenvalue weighted by Gasteiger charge is 2.07. The van der Waals surface area contributed by atoms with Crippen LogP contribution >= 0.6 is 11.6 Å². The zero-order chi connectivity index (χ0) is 10.8. The Kier molecular flexibility index (Phi) is 2.73. The summed E-state index contributed by atoms with van der Waals surface area (Å²) in [5, 5.41) is 0.658. The third-order valence-electron chi connectivity index (χ3n) is 2.30. The summed E-state index contributed by atoms with van der Waals surface area (Å²) < 4.78 is 5.08. The molecule has 0 aliphatic rings. The molecule has 0 N–H and O–H groups in total. The number of halogens is 1. The van der Waals surface area contributed by atoms with Crippen LogP contribution in [0.3, 0.4) is 0 Å². The van der Waals surface area contributed by atoms with Gasteiger partial charge in [-0.25, -0.2) is 4.98 Å². The number of aryl methyl sites for hydroxylation is 1. The highest BCUT2D eigenvalue weighted by Crippen LogP contribution is 2.24. The Morgan fingerprint density at radius 2 is 2.20 bits per heavy atom. The molecule has 2 aromatic rings. The van der Waals surface area contributed by atoms with Crippen molar-refractivity contribution in [3.8, 4) is 5.88 Å². The van der Waals surface area contributed by atoms with E-state index in [1.54, 1.807) is 19.4 Å². The average molecular weight is 223 g/mol. The normalized spacial score (nSPS) is 10.6. The first-order chi connectivity index (χ1) is 7.26. The van der Waals surface area contributed by atoms with Gasteiger partial charge in [0.15, 0.2) is 0 Å². The van der Waals surface area contributed by atoms with Crippen molar-refractivity contribution in [1.82, 2.24) is 9.97 Å². The van der Waals surface area contributed by atoms with Crippen LogP contribution in [0.25, 0.3) is 11.0 Å². The first kappa shape index (κ1) is 10.2. The first-order valence-electron chi connectivity index (χ1n) is 4.74. The molecule has 2 rings (SSSR count). The fraction of sp³-hybridized carbons (Fsp3) is 0.273. The van der Waals surface area contributed by atoms with Gasteiger partial charge in [-0.2, -0.15) is 0 Å². The molecule has 3 nitrogen and oxygen atoms in total. The highest BCUT2D eigenvalue weighted by molar-refractivity contribution is 6.32. The van der Waals surface area contributed by atoms with E-state index in [1.807, 2.05) is 13.0 Å². The zero-order valence-corrected chi connectivity index (χ0v) is 9.38. The quantitative estimate of drug-likeness (QED) is 0.784. The van der Waals surface area contributed by atoms with Crippen LogP contribution in [0.5, 0.6) is 5.88 Å². The Morgan fingerprint density at radius 1 is 1.40 bits per heavy atom. The molecule has 15 heavy (non-hydrogen) atoms. The van der Waals surface area contributed by atoms with Crippen LogP contribution in [0.2, 0.25) is 5.02 Å². The molecule has 0 bridgehead atoms. The van der Waals surface area contributed by atoms with Gasteiger partial charge in [-0.3, -0.25) is 4.98 Å². The second kappa shape index (κ2) is 4.03. The fourth-order valence-corrected chi connectivity index (χ4v) is 1.80. The van der Waals surface area contributed by atoms with Gasteiger partial charge in [-0.1, -0.05) is 18.5 Å². The zero-order valence-electron chi connectivity index (χ0n) is 8.62. The van der Waals surface area contributed by atoms with Gasteiger partial charge in [0.05, 0.1) is 23.2 Å². The molecule has 0 amide bonds. The summed E-state index contributed by atoms with van der Waals surface area (Å²) in [6.07, 6.45) is 2.49. The predicted molar refractivity (Wildman–Crippen MR) is 60.5 cm³/mol. The Balaban J connectivity index is 2.76. The molecule has 0 saturated carbocycles. The number of aromatic nitrogens is 2. The Hall–Kier alpha value is -1.35. The average Bonchev–Trinajstić information content (AvgIpc) is 2.28. The van der Waals surface area contributed by atoms with Crippen LogP contribution in [-0.4, -0.2) is 17.1 Å². The number of methoxy groups -OCH3 is 1. The third-order valence-corrected chi connectivity index (χ3v) is 2.63. The van der Waals surface area contributed by atoms with Crippen molar-refractivity contribution >= 4 is 22.6 Å². The fourth-order valence-electron chi connectivity index (χ4n) is 1.53. The topological polar surface area (TPSA) is 35.0 Å². The van der Waals surface area contributed by atoms with Crippen LogP contribution in [0.4, 0.5) is 0 Å². The minimum absolute atomic E-state index is 0.585. The number of ether oxygens (including phenoxy) is 1. The smallest absolute Gasteiger partial charge is 0.213 e. The number of hydrogen-bond donors (Lipinski definition) is 0. The number of fused-ring (bicyclic) bond motifs is 1. The molecule has 0 atom stereocenters. The van der Waals surface area contributed by atoms with Gasteiger partial charge in [0.25, 0.3) is 0 Å². The van der Waals surface area contributed by atoms with E-state index in [4.69, 9.17) is 16.3 Å². The molecule has 0 spiro atoms. The summed E-state index contributed by atoms with van der Waals surface area (Å²) in [6, 6.07) is 3.68. The molecule has 0 unspecified atom stereocenters. The van der Waals surface area contributed by atoms with E-state index in [2.05, 4.69) is 9.97 Å². The Labute approximate surface area is 93.1 Å². The van der Waals surface area contributed by atoms with E-state index in [9.17, 15) is 0 Å². The molecule has 4 heteroatoms. The summed E-state index contributed by atoms with van der Waals surface area (Å²) >= 11 is 6.06. The Bertz CT molecular complexity index is 499. The van der Waals surface area contributed by atoms with Crippen molar-refractivity contribution in [2.24, 2.45) is 0 Å². The van der Waals surface area contributed by atoms with Gasteiger partial charge in [-0.05, 0) is 12.5 Å². The number of nitrogens with zero attached hydrogens (tertiary/aromatic N) is 2. The van der Waals surface area contributed by atoms with Crippen molar-refractivity contribution in [1.29, 1.82) is 0 Å². The molecular weight excluding hydrogens is 212 g/mol. The van der Waals surface area contributed by atoms with Crippen LogP contribution in [0.15, 0.2) is 18.3 Å². The van der Waals surface area contributed by atoms with Gasteiger partial charge in [0.1, 0.15) is 0 Å². The van der Waals surface area contributed by atoms with Crippen LogP contribution in [-0.2, 0) is 6.42 Å². The van der Waals surface area contributed by atoms with E-state index < -0.39 is 0 Å². The lowest BCUT2D eigenvalue weighted by molar-refractivity contribution is 0.399. The number of rotatable bonds is 2. The van der Waals surface area contributed by atoms with Gasteiger partial charge >= 0.3 is 0 Å². The second-order valence-electron chi connectivity index (χ2n) is 3.16. The highest BCUT2D eigenvalue weighted by atomic mass is 35.5. The molecule has 2 heterocycles. The lowest BCUT2D eigenvalue weighted by Crippen LogP contribution is -1.94. The van der Waals surface area contributed by atoms with Crippen LogP contribution in [0, 0.1) is 0 Å². The number of pyridine rings is 2. The van der Waals surface area contributed by atoms with E-state index in [0.717, 1.165) is 23.0 Å². The molecule has 0 fully saturated rings. The molecule has 0 radical (unpaired) electrons. The standard InChI is InChI=1S/C11H11ClN2O/c1-3-7-8(12)6-13-9-4-5-10(15-2)14-11(7)9/h4-6H,3H2,1-2H3. The van der Waals surface area contributed by atoms with Gasteiger partial charge in [0.2, 0.25) is 5.88 Å². The lowest BCUT2D eigenvalue weighted by atomic mass is 10.1. The molecular formula is C11H11ClN2O. The van der Waals surface area contributed by atoms with Crippen molar-refractivity contribution in [2.75, 3.05) is 7.11 Å². The van der Waals surface area contributed by atoms with Crippen molar-refractivity contribution in [2.45, 2.75) is 13.3 Å². The maximum absolute atomic E-state index is 6.06. The largest absolute Gasteiger partial charge is 0.481 e. The maximum atomic E-state index is 6.06. The molecule has 0 aliphatic carbocycles. The summed E-state index contributed by atoms with van der Waals surface area (Å²) in [4.78, 5) is 8.57. The first-order valence-corrected chi connectivity index (χ1v) is 5.12. The number of hydrogen-bond acceptors (Lipinski definition) is 3. The molecule has 78 valence electrons. The second-order valence-corrected chi connectivity index (χ2v) is 3.57. The van der Waals surface area contributed by atoms with Crippen molar-refractivity contribution in [3.05, 3.63) is 28.9 Å².